The Hall–Kier alpha value is -1.65. The quantitative estimate of drug-likeness (QED) is 0.783. The van der Waals surface area contributed by atoms with Crippen LogP contribution >= 0.6 is 0 Å². The highest BCUT2D eigenvalue weighted by atomic mass is 16.2. The Morgan fingerprint density at radius 3 is 2.61 bits per heavy atom. The first-order valence-corrected chi connectivity index (χ1v) is 11.0. The number of carbonyl (C=O) groups is 3. The summed E-state index contributed by atoms with van der Waals surface area (Å²) in [7, 11) is 0. The lowest BCUT2D eigenvalue weighted by molar-refractivity contribution is -0.136. The molecule has 0 aromatic rings. The van der Waals surface area contributed by atoms with E-state index in [4.69, 9.17) is 0 Å². The van der Waals surface area contributed by atoms with Crippen LogP contribution in [-0.4, -0.2) is 29.7 Å². The molecule has 154 valence electrons. The maximum atomic E-state index is 13.0. The van der Waals surface area contributed by atoms with Crippen LogP contribution in [-0.2, 0) is 14.4 Å². The molecule has 0 radical (unpaired) electrons. The predicted molar refractivity (Wildman–Crippen MR) is 107 cm³/mol. The van der Waals surface area contributed by atoms with Crippen LogP contribution in [0.15, 0.2) is 12.2 Å². The van der Waals surface area contributed by atoms with Crippen molar-refractivity contribution in [2.75, 3.05) is 0 Å². The monoisotopic (exact) mass is 386 g/mol. The second-order valence-electron chi connectivity index (χ2n) is 10.2. The minimum absolute atomic E-state index is 0.00683. The zero-order chi connectivity index (χ0) is 20.3. The van der Waals surface area contributed by atoms with Gasteiger partial charge in [-0.2, -0.15) is 0 Å². The van der Waals surface area contributed by atoms with Gasteiger partial charge in [-0.15, -0.1) is 0 Å². The second-order valence-corrected chi connectivity index (χ2v) is 10.2. The Labute approximate surface area is 168 Å². The lowest BCUT2D eigenvalue weighted by Crippen LogP contribution is -2.59. The summed E-state index contributed by atoms with van der Waals surface area (Å²) in [5.74, 6) is 1.86. The highest BCUT2D eigenvalue weighted by Crippen LogP contribution is 2.64. The van der Waals surface area contributed by atoms with Crippen molar-refractivity contribution in [2.24, 2.45) is 34.5 Å². The number of hydrogen-bond donors (Lipinski definition) is 2. The number of nitrogens with one attached hydrogen (secondary N) is 2. The summed E-state index contributed by atoms with van der Waals surface area (Å²) >= 11 is 0. The van der Waals surface area contributed by atoms with Crippen LogP contribution in [0.1, 0.15) is 66.2 Å². The van der Waals surface area contributed by atoms with Crippen molar-refractivity contribution in [3.8, 4) is 0 Å². The molecule has 0 saturated heterocycles. The Balaban J connectivity index is 1.55. The van der Waals surface area contributed by atoms with E-state index < -0.39 is 6.04 Å². The van der Waals surface area contributed by atoms with E-state index in [2.05, 4.69) is 30.6 Å². The van der Waals surface area contributed by atoms with Crippen LogP contribution in [0.25, 0.3) is 0 Å². The number of carbonyl (C=O) groups excluding carboxylic acids is 3. The third-order valence-corrected chi connectivity index (χ3v) is 8.97. The third kappa shape index (κ3) is 2.84. The molecular weight excluding hydrogens is 352 g/mol. The molecule has 2 N–H and O–H groups in total. The molecule has 28 heavy (non-hydrogen) atoms. The fraction of sp³-hybridized carbons (Fsp3) is 0.783. The Kier molecular flexibility index (Phi) is 4.71. The number of hydrogen-bond acceptors (Lipinski definition) is 3. The smallest absolute Gasteiger partial charge is 0.243 e. The largest absolute Gasteiger partial charge is 0.349 e. The molecule has 2 amide bonds. The van der Waals surface area contributed by atoms with Gasteiger partial charge in [-0.05, 0) is 81.6 Å². The Bertz CT molecular complexity index is 731. The minimum atomic E-state index is -0.406. The number of ketones is 1. The molecule has 5 heteroatoms. The number of rotatable bonds is 3. The van der Waals surface area contributed by atoms with Crippen LogP contribution in [0.4, 0.5) is 0 Å². The van der Waals surface area contributed by atoms with Crippen LogP contribution in [0, 0.1) is 34.5 Å². The van der Waals surface area contributed by atoms with Crippen molar-refractivity contribution in [3.05, 3.63) is 12.2 Å². The molecule has 4 rings (SSSR count). The van der Waals surface area contributed by atoms with Crippen LogP contribution in [0.3, 0.4) is 0 Å². The first kappa shape index (κ1) is 19.7. The van der Waals surface area contributed by atoms with Crippen molar-refractivity contribution in [1.82, 2.24) is 10.6 Å². The summed E-state index contributed by atoms with van der Waals surface area (Å²) in [5.41, 5.74) is 0.0498. The highest BCUT2D eigenvalue weighted by molar-refractivity contribution is 5.89. The van der Waals surface area contributed by atoms with E-state index in [1.165, 1.54) is 6.92 Å². The fourth-order valence-electron chi connectivity index (χ4n) is 7.18. The van der Waals surface area contributed by atoms with Gasteiger partial charge in [0.25, 0.3) is 0 Å². The van der Waals surface area contributed by atoms with E-state index >= 15 is 0 Å². The first-order chi connectivity index (χ1) is 13.2. The zero-order valence-electron chi connectivity index (χ0n) is 17.6. The van der Waals surface area contributed by atoms with Crippen LogP contribution < -0.4 is 10.6 Å². The van der Waals surface area contributed by atoms with E-state index in [1.807, 2.05) is 0 Å². The van der Waals surface area contributed by atoms with Gasteiger partial charge in [-0.1, -0.05) is 19.9 Å². The molecule has 0 spiro atoms. The van der Waals surface area contributed by atoms with Crippen molar-refractivity contribution in [1.29, 1.82) is 0 Å². The van der Waals surface area contributed by atoms with Crippen molar-refractivity contribution in [2.45, 2.75) is 78.3 Å². The zero-order valence-corrected chi connectivity index (χ0v) is 17.6. The molecule has 1 heterocycles. The predicted octanol–water partition coefficient (Wildman–Crippen LogP) is 2.99. The van der Waals surface area contributed by atoms with Crippen LogP contribution in [0.2, 0.25) is 0 Å². The van der Waals surface area contributed by atoms with Gasteiger partial charge < -0.3 is 10.6 Å². The Morgan fingerprint density at radius 2 is 1.89 bits per heavy atom. The van der Waals surface area contributed by atoms with E-state index in [0.717, 1.165) is 38.5 Å². The first-order valence-electron chi connectivity index (χ1n) is 11.0. The van der Waals surface area contributed by atoms with Gasteiger partial charge in [0.15, 0.2) is 5.78 Å². The van der Waals surface area contributed by atoms with Gasteiger partial charge >= 0.3 is 0 Å². The topological polar surface area (TPSA) is 75.3 Å². The molecule has 1 unspecified atom stereocenters. The number of amides is 2. The fourth-order valence-corrected chi connectivity index (χ4v) is 7.18. The Morgan fingerprint density at radius 1 is 1.14 bits per heavy atom. The molecule has 8 atom stereocenters. The average Bonchev–Trinajstić information content (AvgIpc) is 2.99. The SMILES string of the molecule is CC(=O)C(C)NC(=O)[C@H]1CC[C@H]2[C@@H]3CC[C@H]4NC(=O)C=C[C@]4(C)[C@H]3CC[C@]12C. The van der Waals surface area contributed by atoms with E-state index in [1.54, 1.807) is 13.0 Å². The molecule has 5 nitrogen and oxygen atoms in total. The standard InChI is InChI=1S/C23H34N2O3/c1-13(14(2)26)24-21(28)18-7-6-16-15-5-8-19-23(4,12-10-20(27)25-19)17(15)9-11-22(16,18)3/h10,12-13,15-19H,5-9,11H2,1-4H3,(H,24,28)(H,25,27)/t13?,15-,16-,17-,18+,19+,22-,23+/m0/s1. The minimum Gasteiger partial charge on any atom is -0.349 e. The van der Waals surface area contributed by atoms with E-state index in [0.29, 0.717) is 17.8 Å². The molecule has 0 bridgehead atoms. The van der Waals surface area contributed by atoms with Gasteiger partial charge in [0.1, 0.15) is 0 Å². The summed E-state index contributed by atoms with van der Waals surface area (Å²) in [5, 5.41) is 6.16. The summed E-state index contributed by atoms with van der Waals surface area (Å²) in [6.45, 7) is 7.94. The summed E-state index contributed by atoms with van der Waals surface area (Å²) in [6.07, 6.45) is 10.2. The number of Topliss-reactive ketones (excluding diaryl/α,β-unsaturated/α-hetero) is 1. The molecule has 3 aliphatic carbocycles. The van der Waals surface area contributed by atoms with Gasteiger partial charge in [-0.25, -0.2) is 0 Å². The van der Waals surface area contributed by atoms with Crippen molar-refractivity contribution >= 4 is 17.6 Å². The lowest BCUT2D eigenvalue weighted by atomic mass is 9.48. The van der Waals surface area contributed by atoms with Gasteiger partial charge in [0.05, 0.1) is 6.04 Å². The van der Waals surface area contributed by atoms with Gasteiger partial charge in [0, 0.05) is 17.4 Å². The molecule has 0 aromatic carbocycles. The van der Waals surface area contributed by atoms with E-state index in [9.17, 15) is 14.4 Å². The average molecular weight is 387 g/mol. The molecule has 3 saturated carbocycles. The van der Waals surface area contributed by atoms with Crippen LogP contribution in [0.5, 0.6) is 0 Å². The summed E-state index contributed by atoms with van der Waals surface area (Å²) < 4.78 is 0. The summed E-state index contributed by atoms with van der Waals surface area (Å²) in [4.78, 5) is 36.4. The normalized spacial score (nSPS) is 45.3. The van der Waals surface area contributed by atoms with E-state index in [-0.39, 0.29) is 40.4 Å². The molecule has 3 fully saturated rings. The summed E-state index contributed by atoms with van der Waals surface area (Å²) in [6, 6.07) is -0.163. The maximum absolute atomic E-state index is 13.0. The third-order valence-electron chi connectivity index (χ3n) is 8.97. The van der Waals surface area contributed by atoms with Crippen molar-refractivity contribution < 1.29 is 14.4 Å². The second kappa shape index (κ2) is 6.70. The van der Waals surface area contributed by atoms with Gasteiger partial charge in [0.2, 0.25) is 11.8 Å². The number of fused-ring (bicyclic) bond motifs is 5. The van der Waals surface area contributed by atoms with Crippen molar-refractivity contribution in [3.63, 3.8) is 0 Å². The molecule has 0 aromatic heterocycles. The molecule has 4 aliphatic rings. The molecule has 1 aliphatic heterocycles. The lowest BCUT2D eigenvalue weighted by Gasteiger charge is -2.58. The highest BCUT2D eigenvalue weighted by Gasteiger charge is 2.60. The maximum Gasteiger partial charge on any atom is 0.243 e. The van der Waals surface area contributed by atoms with Gasteiger partial charge in [-0.3, -0.25) is 14.4 Å². The molecular formula is C23H34N2O3.